The maximum Gasteiger partial charge on any atom is 0.289 e. The third-order valence-electron chi connectivity index (χ3n) is 3.96. The average molecular weight is 334 g/mol. The number of rotatable bonds is 4. The van der Waals surface area contributed by atoms with Crippen LogP contribution in [0.3, 0.4) is 0 Å². The first kappa shape index (κ1) is 15.7. The van der Waals surface area contributed by atoms with E-state index in [4.69, 9.17) is 4.42 Å². The predicted molar refractivity (Wildman–Crippen MR) is 85.3 cm³/mol. The number of amides is 2. The molecule has 0 radical (unpaired) electrons. The van der Waals surface area contributed by atoms with Crippen molar-refractivity contribution in [3.05, 3.63) is 29.2 Å². The highest BCUT2D eigenvalue weighted by molar-refractivity contribution is 7.13. The topological polar surface area (TPSA) is 88.3 Å². The van der Waals surface area contributed by atoms with Gasteiger partial charge >= 0.3 is 0 Å². The summed E-state index contributed by atoms with van der Waals surface area (Å²) in [6.07, 6.45) is 2.04. The fourth-order valence-corrected chi connectivity index (χ4v) is 3.07. The molecule has 1 fully saturated rings. The van der Waals surface area contributed by atoms with Crippen LogP contribution in [0.4, 0.5) is 5.13 Å². The number of aromatic nitrogens is 2. The monoisotopic (exact) mass is 334 g/mol. The van der Waals surface area contributed by atoms with E-state index < -0.39 is 0 Å². The minimum Gasteiger partial charge on any atom is -0.456 e. The summed E-state index contributed by atoms with van der Waals surface area (Å²) in [5, 5.41) is 10.8. The number of hydrogen-bond donors (Lipinski definition) is 1. The van der Waals surface area contributed by atoms with Crippen LogP contribution in [0.25, 0.3) is 0 Å². The summed E-state index contributed by atoms with van der Waals surface area (Å²) in [5.74, 6) is 0.914. The fraction of sp³-hybridized carbons (Fsp3) is 0.467. The van der Waals surface area contributed by atoms with Gasteiger partial charge in [-0.05, 0) is 25.0 Å². The maximum absolute atomic E-state index is 12.4. The standard InChI is InChI=1S/C15H18N4O3S/c1-2-11-3-4-12(22-11)14(21)19-7-5-10(6-8-19)13(20)17-15-18-16-9-23-15/h3-4,9-10H,2,5-8H2,1H3,(H,17,18,20). The molecule has 3 rings (SSSR count). The molecule has 2 aromatic heterocycles. The molecule has 7 nitrogen and oxygen atoms in total. The van der Waals surface area contributed by atoms with E-state index in [-0.39, 0.29) is 17.7 Å². The molecule has 0 aromatic carbocycles. The van der Waals surface area contributed by atoms with Crippen molar-refractivity contribution in [2.24, 2.45) is 5.92 Å². The number of likely N-dealkylation sites (tertiary alicyclic amines) is 1. The van der Waals surface area contributed by atoms with E-state index in [1.54, 1.807) is 16.5 Å². The minimum absolute atomic E-state index is 0.0554. The summed E-state index contributed by atoms with van der Waals surface area (Å²) in [5.41, 5.74) is 1.57. The molecule has 0 spiro atoms. The van der Waals surface area contributed by atoms with Gasteiger partial charge in [0.2, 0.25) is 11.0 Å². The first-order chi connectivity index (χ1) is 11.2. The molecule has 1 aliphatic heterocycles. The Kier molecular flexibility index (Phi) is 4.71. The van der Waals surface area contributed by atoms with Crippen LogP contribution in [0.1, 0.15) is 36.1 Å². The smallest absolute Gasteiger partial charge is 0.289 e. The molecule has 0 atom stereocenters. The largest absolute Gasteiger partial charge is 0.456 e. The highest BCUT2D eigenvalue weighted by Crippen LogP contribution is 2.22. The number of hydrogen-bond acceptors (Lipinski definition) is 6. The van der Waals surface area contributed by atoms with Gasteiger partial charge in [-0.25, -0.2) is 0 Å². The molecule has 0 unspecified atom stereocenters. The number of nitrogens with zero attached hydrogens (tertiary/aromatic N) is 3. The second-order valence-corrected chi connectivity index (χ2v) is 6.25. The van der Waals surface area contributed by atoms with Crippen molar-refractivity contribution in [3.8, 4) is 0 Å². The van der Waals surface area contributed by atoms with E-state index in [1.165, 1.54) is 11.3 Å². The molecule has 122 valence electrons. The quantitative estimate of drug-likeness (QED) is 0.926. The molecular weight excluding hydrogens is 316 g/mol. The molecule has 3 heterocycles. The van der Waals surface area contributed by atoms with Crippen molar-refractivity contribution in [2.75, 3.05) is 18.4 Å². The summed E-state index contributed by atoms with van der Waals surface area (Å²) in [4.78, 5) is 26.3. The Morgan fingerprint density at radius 1 is 1.39 bits per heavy atom. The highest BCUT2D eigenvalue weighted by Gasteiger charge is 2.29. The van der Waals surface area contributed by atoms with Gasteiger partial charge in [0.15, 0.2) is 5.76 Å². The molecule has 0 saturated carbocycles. The van der Waals surface area contributed by atoms with Crippen LogP contribution < -0.4 is 5.32 Å². The lowest BCUT2D eigenvalue weighted by Gasteiger charge is -2.30. The Morgan fingerprint density at radius 3 is 2.78 bits per heavy atom. The minimum atomic E-state index is -0.106. The molecule has 2 aromatic rings. The number of nitrogens with one attached hydrogen (secondary N) is 1. The van der Waals surface area contributed by atoms with Gasteiger partial charge in [-0.1, -0.05) is 18.3 Å². The number of carbonyl (C=O) groups excluding carboxylic acids is 2. The van der Waals surface area contributed by atoms with Crippen LogP contribution in [-0.4, -0.2) is 40.0 Å². The highest BCUT2D eigenvalue weighted by atomic mass is 32.1. The van der Waals surface area contributed by atoms with Gasteiger partial charge in [0, 0.05) is 25.4 Å². The van der Waals surface area contributed by atoms with Crippen LogP contribution in [-0.2, 0) is 11.2 Å². The van der Waals surface area contributed by atoms with Crippen LogP contribution >= 0.6 is 11.3 Å². The van der Waals surface area contributed by atoms with Crippen molar-refractivity contribution in [3.63, 3.8) is 0 Å². The molecule has 2 amide bonds. The molecule has 1 aliphatic rings. The van der Waals surface area contributed by atoms with Crippen molar-refractivity contribution in [2.45, 2.75) is 26.2 Å². The zero-order chi connectivity index (χ0) is 16.2. The van der Waals surface area contributed by atoms with Crippen LogP contribution in [0.5, 0.6) is 0 Å². The third-order valence-corrected chi connectivity index (χ3v) is 4.57. The first-order valence-electron chi connectivity index (χ1n) is 7.62. The zero-order valence-electron chi connectivity index (χ0n) is 12.8. The van der Waals surface area contributed by atoms with E-state index in [2.05, 4.69) is 15.5 Å². The summed E-state index contributed by atoms with van der Waals surface area (Å²) in [7, 11) is 0. The molecule has 23 heavy (non-hydrogen) atoms. The molecule has 1 saturated heterocycles. The Labute approximate surface area is 137 Å². The van der Waals surface area contributed by atoms with Crippen LogP contribution in [0.15, 0.2) is 22.1 Å². The van der Waals surface area contributed by atoms with Gasteiger partial charge in [-0.15, -0.1) is 10.2 Å². The Balaban J connectivity index is 1.53. The van der Waals surface area contributed by atoms with Gasteiger partial charge in [0.1, 0.15) is 11.3 Å². The van der Waals surface area contributed by atoms with Gasteiger partial charge in [-0.2, -0.15) is 0 Å². The van der Waals surface area contributed by atoms with Crippen molar-refractivity contribution in [1.82, 2.24) is 15.1 Å². The van der Waals surface area contributed by atoms with Crippen molar-refractivity contribution < 1.29 is 14.0 Å². The summed E-state index contributed by atoms with van der Waals surface area (Å²) < 4.78 is 5.51. The number of piperidine rings is 1. The molecule has 0 bridgehead atoms. The van der Waals surface area contributed by atoms with E-state index >= 15 is 0 Å². The second kappa shape index (κ2) is 6.91. The third kappa shape index (κ3) is 3.58. The molecule has 0 aliphatic carbocycles. The summed E-state index contributed by atoms with van der Waals surface area (Å²) >= 11 is 1.29. The Morgan fingerprint density at radius 2 is 2.17 bits per heavy atom. The van der Waals surface area contributed by atoms with E-state index in [1.807, 2.05) is 13.0 Å². The summed E-state index contributed by atoms with van der Waals surface area (Å²) in [6.45, 7) is 3.08. The number of furan rings is 1. The lowest BCUT2D eigenvalue weighted by atomic mass is 9.96. The molecule has 8 heteroatoms. The second-order valence-electron chi connectivity index (χ2n) is 5.42. The Bertz CT molecular complexity index is 675. The lowest BCUT2D eigenvalue weighted by Crippen LogP contribution is -2.41. The SMILES string of the molecule is CCc1ccc(C(=O)N2CCC(C(=O)Nc3nncs3)CC2)o1. The normalized spacial score (nSPS) is 15.6. The van der Waals surface area contributed by atoms with E-state index in [9.17, 15) is 9.59 Å². The predicted octanol–water partition coefficient (Wildman–Crippen LogP) is 2.18. The van der Waals surface area contributed by atoms with Crippen LogP contribution in [0.2, 0.25) is 0 Å². The first-order valence-corrected chi connectivity index (χ1v) is 8.50. The van der Waals surface area contributed by atoms with Gasteiger partial charge < -0.3 is 14.6 Å². The van der Waals surface area contributed by atoms with Gasteiger partial charge in [-0.3, -0.25) is 9.59 Å². The number of carbonyl (C=O) groups is 2. The number of aryl methyl sites for hydroxylation is 1. The lowest BCUT2D eigenvalue weighted by molar-refractivity contribution is -0.121. The fourth-order valence-electron chi connectivity index (χ4n) is 2.62. The molecule has 1 N–H and O–H groups in total. The average Bonchev–Trinajstić information content (AvgIpc) is 3.25. The van der Waals surface area contributed by atoms with Crippen LogP contribution in [0, 0.1) is 5.92 Å². The summed E-state index contributed by atoms with van der Waals surface area (Å²) in [6, 6.07) is 3.55. The van der Waals surface area contributed by atoms with Gasteiger partial charge in [0.25, 0.3) is 5.91 Å². The molecular formula is C15H18N4O3S. The van der Waals surface area contributed by atoms with E-state index in [0.717, 1.165) is 12.2 Å². The van der Waals surface area contributed by atoms with Gasteiger partial charge in [0.05, 0.1) is 0 Å². The number of anilines is 1. The van der Waals surface area contributed by atoms with Crippen molar-refractivity contribution in [1.29, 1.82) is 0 Å². The van der Waals surface area contributed by atoms with Crippen molar-refractivity contribution >= 4 is 28.3 Å². The maximum atomic E-state index is 12.4. The Hall–Kier alpha value is -2.22. The van der Waals surface area contributed by atoms with E-state index in [0.29, 0.717) is 36.8 Å². The zero-order valence-corrected chi connectivity index (χ0v) is 13.6.